The van der Waals surface area contributed by atoms with E-state index in [2.05, 4.69) is 31.0 Å². The molecule has 1 saturated heterocycles. The van der Waals surface area contributed by atoms with E-state index in [1.807, 2.05) is 43.4 Å². The Balaban J connectivity index is 1.72. The van der Waals surface area contributed by atoms with Crippen molar-refractivity contribution in [2.45, 2.75) is 39.0 Å². The second kappa shape index (κ2) is 8.27. The highest BCUT2D eigenvalue weighted by molar-refractivity contribution is 6.09. The molecule has 4 heteroatoms. The fourth-order valence-electron chi connectivity index (χ4n) is 3.65. The summed E-state index contributed by atoms with van der Waals surface area (Å²) < 4.78 is 0. The highest BCUT2D eigenvalue weighted by atomic mass is 16.2. The first-order chi connectivity index (χ1) is 13.2. The summed E-state index contributed by atoms with van der Waals surface area (Å²) in [6, 6.07) is 15.0. The molecule has 1 aliphatic rings. The molecule has 0 aromatic heterocycles. The van der Waals surface area contributed by atoms with E-state index in [-0.39, 0.29) is 23.0 Å². The zero-order valence-electron chi connectivity index (χ0n) is 17.3. The van der Waals surface area contributed by atoms with Crippen molar-refractivity contribution in [2.24, 2.45) is 5.92 Å². The average Bonchev–Trinajstić information content (AvgIpc) is 2.67. The van der Waals surface area contributed by atoms with Crippen molar-refractivity contribution in [1.29, 1.82) is 0 Å². The summed E-state index contributed by atoms with van der Waals surface area (Å²) in [7, 11) is 2.05. The fraction of sp³-hybridized carbons (Fsp3) is 0.417. The van der Waals surface area contributed by atoms with E-state index in [1.165, 1.54) is 5.56 Å². The van der Waals surface area contributed by atoms with Crippen LogP contribution in [0.1, 0.15) is 55.1 Å². The lowest BCUT2D eigenvalue weighted by Gasteiger charge is -2.28. The van der Waals surface area contributed by atoms with Crippen LogP contribution in [0.25, 0.3) is 0 Å². The molecule has 4 nitrogen and oxygen atoms in total. The van der Waals surface area contributed by atoms with E-state index in [9.17, 15) is 9.59 Å². The smallest absolute Gasteiger partial charge is 0.228 e. The Bertz CT molecular complexity index is 850. The Morgan fingerprint density at radius 3 is 2.39 bits per heavy atom. The molecule has 28 heavy (non-hydrogen) atoms. The van der Waals surface area contributed by atoms with Crippen molar-refractivity contribution >= 4 is 17.4 Å². The molecule has 0 spiro atoms. The molecule has 2 aromatic carbocycles. The largest absolute Gasteiger partial charge is 0.326 e. The first kappa shape index (κ1) is 20.3. The van der Waals surface area contributed by atoms with Crippen LogP contribution in [0.15, 0.2) is 48.5 Å². The number of anilines is 1. The van der Waals surface area contributed by atoms with Gasteiger partial charge in [-0.3, -0.25) is 9.59 Å². The van der Waals surface area contributed by atoms with Gasteiger partial charge in [-0.2, -0.15) is 0 Å². The molecule has 1 heterocycles. The Morgan fingerprint density at radius 2 is 1.75 bits per heavy atom. The average molecular weight is 379 g/mol. The molecule has 1 atom stereocenters. The minimum atomic E-state index is -0.0334. The standard InChI is InChI=1S/C24H30N2O2/c1-24(2,3)20-12-10-17(11-13-20)22(27)18-7-5-9-21(15-18)25-23(28)19-8-6-14-26(4)16-19/h5,7,9-13,15,19H,6,8,14,16H2,1-4H3,(H,25,28). The topological polar surface area (TPSA) is 49.4 Å². The third-order valence-electron chi connectivity index (χ3n) is 5.40. The predicted molar refractivity (Wildman–Crippen MR) is 114 cm³/mol. The van der Waals surface area contributed by atoms with E-state index in [4.69, 9.17) is 0 Å². The van der Waals surface area contributed by atoms with E-state index < -0.39 is 0 Å². The van der Waals surface area contributed by atoms with Crippen LogP contribution in [0, 0.1) is 5.92 Å². The Morgan fingerprint density at radius 1 is 1.04 bits per heavy atom. The molecular formula is C24H30N2O2. The summed E-state index contributed by atoms with van der Waals surface area (Å²) in [6.07, 6.45) is 1.95. The van der Waals surface area contributed by atoms with E-state index >= 15 is 0 Å². The van der Waals surface area contributed by atoms with Gasteiger partial charge in [0.15, 0.2) is 5.78 Å². The summed E-state index contributed by atoms with van der Waals surface area (Å²) in [6.45, 7) is 8.28. The Labute approximate surface area is 167 Å². The third kappa shape index (κ3) is 4.87. The molecule has 1 unspecified atom stereocenters. The number of carbonyl (C=O) groups excluding carboxylic acids is 2. The van der Waals surface area contributed by atoms with Gasteiger partial charge in [0.2, 0.25) is 5.91 Å². The molecule has 0 saturated carbocycles. The van der Waals surface area contributed by atoms with Gasteiger partial charge in [-0.1, -0.05) is 57.2 Å². The van der Waals surface area contributed by atoms with E-state index in [0.717, 1.165) is 25.9 Å². The molecule has 0 radical (unpaired) electrons. The number of rotatable bonds is 4. The highest BCUT2D eigenvalue weighted by Gasteiger charge is 2.24. The minimum absolute atomic E-state index is 0.00282. The minimum Gasteiger partial charge on any atom is -0.326 e. The van der Waals surface area contributed by atoms with Gasteiger partial charge >= 0.3 is 0 Å². The van der Waals surface area contributed by atoms with Crippen molar-refractivity contribution in [1.82, 2.24) is 4.90 Å². The van der Waals surface area contributed by atoms with Crippen LogP contribution in [0.3, 0.4) is 0 Å². The molecule has 148 valence electrons. The quantitative estimate of drug-likeness (QED) is 0.797. The number of benzene rings is 2. The Kier molecular flexibility index (Phi) is 5.99. The van der Waals surface area contributed by atoms with Gasteiger partial charge in [0.05, 0.1) is 5.92 Å². The lowest BCUT2D eigenvalue weighted by atomic mass is 9.86. The van der Waals surface area contributed by atoms with Crippen molar-refractivity contribution in [2.75, 3.05) is 25.5 Å². The fourth-order valence-corrected chi connectivity index (χ4v) is 3.65. The van der Waals surface area contributed by atoms with Gasteiger partial charge in [-0.05, 0) is 49.5 Å². The zero-order valence-corrected chi connectivity index (χ0v) is 17.3. The number of nitrogens with zero attached hydrogens (tertiary/aromatic N) is 1. The van der Waals surface area contributed by atoms with Crippen molar-refractivity contribution in [3.8, 4) is 0 Å². The lowest BCUT2D eigenvalue weighted by Crippen LogP contribution is -2.38. The van der Waals surface area contributed by atoms with Gasteiger partial charge in [0, 0.05) is 23.4 Å². The molecular weight excluding hydrogens is 348 g/mol. The van der Waals surface area contributed by atoms with Gasteiger partial charge in [0.1, 0.15) is 0 Å². The summed E-state index contributed by atoms with van der Waals surface area (Å²) >= 11 is 0. The number of hydrogen-bond donors (Lipinski definition) is 1. The van der Waals surface area contributed by atoms with Crippen molar-refractivity contribution in [3.05, 3.63) is 65.2 Å². The number of piperidine rings is 1. The lowest BCUT2D eigenvalue weighted by molar-refractivity contribution is -0.121. The molecule has 1 amide bonds. The Hall–Kier alpha value is -2.46. The molecule has 1 aliphatic heterocycles. The number of ketones is 1. The maximum Gasteiger partial charge on any atom is 0.228 e. The maximum atomic E-state index is 12.9. The van der Waals surface area contributed by atoms with Crippen molar-refractivity contribution in [3.63, 3.8) is 0 Å². The number of likely N-dealkylation sites (tertiary alicyclic amines) is 1. The van der Waals surface area contributed by atoms with Crippen LogP contribution in [0.4, 0.5) is 5.69 Å². The third-order valence-corrected chi connectivity index (χ3v) is 5.40. The monoisotopic (exact) mass is 378 g/mol. The zero-order chi connectivity index (χ0) is 20.3. The van der Waals surface area contributed by atoms with E-state index in [1.54, 1.807) is 12.1 Å². The summed E-state index contributed by atoms with van der Waals surface area (Å²) in [5.74, 6) is 0.00249. The van der Waals surface area contributed by atoms with Crippen LogP contribution in [-0.4, -0.2) is 36.7 Å². The SMILES string of the molecule is CN1CCCC(C(=O)Nc2cccc(C(=O)c3ccc(C(C)(C)C)cc3)c2)C1. The number of hydrogen-bond acceptors (Lipinski definition) is 3. The van der Waals surface area contributed by atoms with Crippen LogP contribution in [0.2, 0.25) is 0 Å². The molecule has 0 bridgehead atoms. The summed E-state index contributed by atoms with van der Waals surface area (Å²) in [5.41, 5.74) is 3.17. The molecule has 0 aliphatic carbocycles. The van der Waals surface area contributed by atoms with E-state index in [0.29, 0.717) is 16.8 Å². The number of carbonyl (C=O) groups is 2. The van der Waals surface area contributed by atoms with Crippen LogP contribution >= 0.6 is 0 Å². The summed E-state index contributed by atoms with van der Waals surface area (Å²) in [5, 5.41) is 2.99. The molecule has 1 fully saturated rings. The first-order valence-corrected chi connectivity index (χ1v) is 9.99. The van der Waals surface area contributed by atoms with Crippen LogP contribution in [-0.2, 0) is 10.2 Å². The first-order valence-electron chi connectivity index (χ1n) is 9.99. The van der Waals surface area contributed by atoms with Crippen LogP contribution < -0.4 is 5.32 Å². The van der Waals surface area contributed by atoms with Gasteiger partial charge in [-0.25, -0.2) is 0 Å². The number of amides is 1. The molecule has 2 aromatic rings. The van der Waals surface area contributed by atoms with Gasteiger partial charge < -0.3 is 10.2 Å². The van der Waals surface area contributed by atoms with Gasteiger partial charge in [0.25, 0.3) is 0 Å². The second-order valence-corrected chi connectivity index (χ2v) is 8.83. The summed E-state index contributed by atoms with van der Waals surface area (Å²) in [4.78, 5) is 27.6. The van der Waals surface area contributed by atoms with Gasteiger partial charge in [-0.15, -0.1) is 0 Å². The maximum absolute atomic E-state index is 12.9. The molecule has 1 N–H and O–H groups in total. The second-order valence-electron chi connectivity index (χ2n) is 8.83. The normalized spacial score (nSPS) is 17.9. The molecule has 3 rings (SSSR count). The van der Waals surface area contributed by atoms with Crippen LogP contribution in [0.5, 0.6) is 0 Å². The highest BCUT2D eigenvalue weighted by Crippen LogP contribution is 2.24. The van der Waals surface area contributed by atoms with Crippen molar-refractivity contribution < 1.29 is 9.59 Å². The predicted octanol–water partition coefficient (Wildman–Crippen LogP) is 4.50. The number of nitrogens with one attached hydrogen (secondary N) is 1.